The number of hydrogen-bond acceptors (Lipinski definition) is 5. The van der Waals surface area contributed by atoms with E-state index in [4.69, 9.17) is 4.42 Å². The minimum Gasteiger partial charge on any atom is -0.465 e. The second-order valence-electron chi connectivity index (χ2n) is 5.77. The van der Waals surface area contributed by atoms with Crippen molar-refractivity contribution in [2.24, 2.45) is 0 Å². The number of esters is 1. The molecule has 2 rings (SSSR count). The van der Waals surface area contributed by atoms with Crippen LogP contribution < -0.4 is 0 Å². The molecule has 1 aliphatic rings. The van der Waals surface area contributed by atoms with Crippen LogP contribution >= 0.6 is 0 Å². The van der Waals surface area contributed by atoms with Crippen LogP contribution in [0.4, 0.5) is 13.2 Å². The van der Waals surface area contributed by atoms with Gasteiger partial charge < -0.3 is 14.1 Å². The summed E-state index contributed by atoms with van der Waals surface area (Å²) in [4.78, 5) is 26.1. The molecule has 6 nitrogen and oxygen atoms in total. The fourth-order valence-corrected chi connectivity index (χ4v) is 2.80. The molecule has 0 N–H and O–H groups in total. The molecule has 1 fully saturated rings. The molecule has 2 heterocycles. The summed E-state index contributed by atoms with van der Waals surface area (Å²) in [6, 6.07) is 0.879. The molecule has 0 aliphatic carbocycles. The van der Waals surface area contributed by atoms with E-state index < -0.39 is 30.6 Å². The lowest BCUT2D eigenvalue weighted by molar-refractivity contribution is -0.159. The summed E-state index contributed by atoms with van der Waals surface area (Å²) in [6.07, 6.45) is -4.09. The van der Waals surface area contributed by atoms with Crippen molar-refractivity contribution in [3.63, 3.8) is 0 Å². The highest BCUT2D eigenvalue weighted by Crippen LogP contribution is 2.24. The number of amides is 1. The Labute approximate surface area is 137 Å². The van der Waals surface area contributed by atoms with Gasteiger partial charge in [-0.15, -0.1) is 0 Å². The van der Waals surface area contributed by atoms with Gasteiger partial charge >= 0.3 is 12.1 Å². The monoisotopic (exact) mass is 348 g/mol. The Morgan fingerprint density at radius 3 is 2.75 bits per heavy atom. The summed E-state index contributed by atoms with van der Waals surface area (Å²) in [5, 5.41) is 0. The first kappa shape index (κ1) is 18.3. The van der Waals surface area contributed by atoms with Gasteiger partial charge in [-0.3, -0.25) is 9.69 Å². The summed E-state index contributed by atoms with van der Waals surface area (Å²) in [7, 11) is 2.89. The lowest BCUT2D eigenvalue weighted by Crippen LogP contribution is -2.42. The molecule has 24 heavy (non-hydrogen) atoms. The van der Waals surface area contributed by atoms with E-state index >= 15 is 0 Å². The summed E-state index contributed by atoms with van der Waals surface area (Å²) in [6.45, 7) is 0.649. The number of aryl methyl sites for hydroxylation is 1. The number of hydrogen-bond donors (Lipinski definition) is 0. The molecular weight excluding hydrogens is 329 g/mol. The number of carbonyl (C=O) groups excluding carboxylic acids is 2. The fraction of sp³-hybridized carbons (Fsp3) is 0.600. The van der Waals surface area contributed by atoms with E-state index in [2.05, 4.69) is 4.74 Å². The maximum atomic E-state index is 12.4. The molecule has 0 aromatic carbocycles. The Balaban J connectivity index is 2.02. The number of likely N-dealkylation sites (tertiary alicyclic amines) is 1. The van der Waals surface area contributed by atoms with Gasteiger partial charge in [0, 0.05) is 6.54 Å². The van der Waals surface area contributed by atoms with E-state index in [0.29, 0.717) is 17.9 Å². The molecule has 1 amide bonds. The van der Waals surface area contributed by atoms with Gasteiger partial charge in [0.05, 0.1) is 19.7 Å². The van der Waals surface area contributed by atoms with Gasteiger partial charge in [0.15, 0.2) is 0 Å². The van der Waals surface area contributed by atoms with Crippen LogP contribution in [0.3, 0.4) is 0 Å². The summed E-state index contributed by atoms with van der Waals surface area (Å²) in [5.41, 5.74) is 0.289. The van der Waals surface area contributed by atoms with Crippen molar-refractivity contribution in [1.82, 2.24) is 9.80 Å². The van der Waals surface area contributed by atoms with Crippen molar-refractivity contribution in [1.29, 1.82) is 0 Å². The average Bonchev–Trinajstić information content (AvgIpc) is 3.00. The van der Waals surface area contributed by atoms with Crippen molar-refractivity contribution < 1.29 is 31.9 Å². The van der Waals surface area contributed by atoms with Gasteiger partial charge in [-0.2, -0.15) is 13.2 Å². The van der Waals surface area contributed by atoms with Gasteiger partial charge in [-0.1, -0.05) is 0 Å². The number of rotatable bonds is 5. The third kappa shape index (κ3) is 4.08. The highest BCUT2D eigenvalue weighted by molar-refractivity contribution is 5.90. The number of halogens is 3. The van der Waals surface area contributed by atoms with E-state index in [9.17, 15) is 22.8 Å². The summed E-state index contributed by atoms with van der Waals surface area (Å²) in [5.74, 6) is -0.246. The van der Waals surface area contributed by atoms with Crippen LogP contribution in [-0.4, -0.2) is 61.1 Å². The van der Waals surface area contributed by atoms with Crippen LogP contribution in [0.1, 0.15) is 28.3 Å². The second kappa shape index (κ2) is 6.84. The maximum absolute atomic E-state index is 12.4. The summed E-state index contributed by atoms with van der Waals surface area (Å²) < 4.78 is 47.4. The molecule has 1 aromatic rings. The summed E-state index contributed by atoms with van der Waals surface area (Å²) >= 11 is 0. The van der Waals surface area contributed by atoms with E-state index in [-0.39, 0.29) is 18.7 Å². The van der Waals surface area contributed by atoms with Gasteiger partial charge in [0.1, 0.15) is 23.6 Å². The lowest BCUT2D eigenvalue weighted by atomic mass is 10.2. The molecule has 1 aromatic heterocycles. The highest BCUT2D eigenvalue weighted by atomic mass is 19.4. The Kier molecular flexibility index (Phi) is 5.22. The maximum Gasteiger partial charge on any atom is 0.406 e. The molecule has 1 atom stereocenters. The molecule has 134 valence electrons. The molecule has 0 spiro atoms. The van der Waals surface area contributed by atoms with E-state index in [1.165, 1.54) is 13.2 Å². The minimum absolute atomic E-state index is 0.0674. The molecule has 9 heteroatoms. The third-order valence-corrected chi connectivity index (χ3v) is 3.95. The van der Waals surface area contributed by atoms with Crippen LogP contribution in [0.25, 0.3) is 0 Å². The van der Waals surface area contributed by atoms with Gasteiger partial charge in [0.25, 0.3) is 0 Å². The van der Waals surface area contributed by atoms with Gasteiger partial charge in [0.2, 0.25) is 5.91 Å². The topological polar surface area (TPSA) is 63.0 Å². The fourth-order valence-electron chi connectivity index (χ4n) is 2.80. The Morgan fingerprint density at radius 2 is 2.17 bits per heavy atom. The van der Waals surface area contributed by atoms with Crippen molar-refractivity contribution in [3.05, 3.63) is 23.2 Å². The van der Waals surface area contributed by atoms with Crippen molar-refractivity contribution in [2.45, 2.75) is 32.1 Å². The first-order valence-electron chi connectivity index (χ1n) is 7.35. The Morgan fingerprint density at radius 1 is 1.50 bits per heavy atom. The number of furan rings is 1. The van der Waals surface area contributed by atoms with Gasteiger partial charge in [-0.25, -0.2) is 4.79 Å². The van der Waals surface area contributed by atoms with Crippen LogP contribution in [0.2, 0.25) is 0 Å². The smallest absolute Gasteiger partial charge is 0.406 e. The molecular formula is C15H19F3N2O4. The van der Waals surface area contributed by atoms with Gasteiger partial charge in [-0.05, 0) is 26.5 Å². The van der Waals surface area contributed by atoms with Crippen LogP contribution in [-0.2, 0) is 16.1 Å². The number of ether oxygens (including phenoxy) is 1. The normalized spacial score (nSPS) is 18.5. The van der Waals surface area contributed by atoms with Crippen molar-refractivity contribution in [2.75, 3.05) is 27.2 Å². The Bertz CT molecular complexity index is 627. The standard InChI is InChI=1S/C15H19F3N2O4/c1-9-11(14(22)23-3)6-10(24-9)7-19(2)12-4-5-20(13(12)21)8-15(16,17)18/h6,12H,4-5,7-8H2,1-3H3. The Hall–Kier alpha value is -2.03. The van der Waals surface area contributed by atoms with Crippen LogP contribution in [0, 0.1) is 6.92 Å². The van der Waals surface area contributed by atoms with Crippen molar-refractivity contribution in [3.8, 4) is 0 Å². The number of nitrogens with zero attached hydrogens (tertiary/aromatic N) is 2. The van der Waals surface area contributed by atoms with E-state index in [0.717, 1.165) is 4.90 Å². The first-order valence-corrected chi connectivity index (χ1v) is 7.35. The highest BCUT2D eigenvalue weighted by Gasteiger charge is 2.40. The second-order valence-corrected chi connectivity index (χ2v) is 5.77. The zero-order valence-corrected chi connectivity index (χ0v) is 13.6. The number of carbonyl (C=O) groups is 2. The van der Waals surface area contributed by atoms with Crippen LogP contribution in [0.15, 0.2) is 10.5 Å². The zero-order chi connectivity index (χ0) is 18.1. The first-order chi connectivity index (χ1) is 11.1. The molecule has 0 radical (unpaired) electrons. The molecule has 1 unspecified atom stereocenters. The SMILES string of the molecule is COC(=O)c1cc(CN(C)C2CCN(CC(F)(F)F)C2=O)oc1C. The van der Waals surface area contributed by atoms with Crippen molar-refractivity contribution >= 4 is 11.9 Å². The zero-order valence-electron chi connectivity index (χ0n) is 13.6. The van der Waals surface area contributed by atoms with E-state index in [1.54, 1.807) is 18.9 Å². The molecule has 1 aliphatic heterocycles. The molecule has 0 saturated carbocycles. The largest absolute Gasteiger partial charge is 0.465 e. The average molecular weight is 348 g/mol. The number of methoxy groups -OCH3 is 1. The number of alkyl halides is 3. The van der Waals surface area contributed by atoms with E-state index in [1.807, 2.05) is 0 Å². The van der Waals surface area contributed by atoms with Crippen LogP contribution in [0.5, 0.6) is 0 Å². The predicted octanol–water partition coefficient (Wildman–Crippen LogP) is 1.97. The predicted molar refractivity (Wildman–Crippen MR) is 77.3 cm³/mol. The minimum atomic E-state index is -4.41. The number of likely N-dealkylation sites (N-methyl/N-ethyl adjacent to an activating group) is 1. The molecule has 1 saturated heterocycles. The lowest BCUT2D eigenvalue weighted by Gasteiger charge is -2.23. The molecule has 0 bridgehead atoms. The third-order valence-electron chi connectivity index (χ3n) is 3.95. The quantitative estimate of drug-likeness (QED) is 0.762.